The SMILES string of the molecule is CCCCCCCCCCCCC/C=C\C/C=C\CCCCCCCCCCCCCCCCCCCC(=O)NC(COC1OC(CO)C(O)C(O)C1O)C(O)CCCCCCCCCCCCCC. The van der Waals surface area contributed by atoms with Crippen LogP contribution in [0.3, 0.4) is 0 Å². The highest BCUT2D eigenvalue weighted by atomic mass is 16.7. The predicted octanol–water partition coefficient (Wildman–Crippen LogP) is 15.4. The van der Waals surface area contributed by atoms with Crippen molar-refractivity contribution in [3.05, 3.63) is 24.3 Å². The van der Waals surface area contributed by atoms with E-state index >= 15 is 0 Å². The second kappa shape index (κ2) is 51.2. The summed E-state index contributed by atoms with van der Waals surface area (Å²) in [6, 6.07) is -0.716. The molecular formula is C61H117NO8. The maximum atomic E-state index is 13.1. The number of rotatable bonds is 53. The minimum absolute atomic E-state index is 0.134. The molecule has 1 aliphatic rings. The quantitative estimate of drug-likeness (QED) is 0.0261. The number of aliphatic hydroxyl groups is 5. The van der Waals surface area contributed by atoms with Crippen molar-refractivity contribution >= 4 is 5.91 Å². The van der Waals surface area contributed by atoms with Crippen molar-refractivity contribution in [3.8, 4) is 0 Å². The number of aliphatic hydroxyl groups excluding tert-OH is 5. The molecule has 9 heteroatoms. The maximum Gasteiger partial charge on any atom is 0.220 e. The molecule has 6 N–H and O–H groups in total. The lowest BCUT2D eigenvalue weighted by molar-refractivity contribution is -0.302. The van der Waals surface area contributed by atoms with Gasteiger partial charge in [0.2, 0.25) is 5.91 Å². The topological polar surface area (TPSA) is 149 Å². The summed E-state index contributed by atoms with van der Waals surface area (Å²) < 4.78 is 11.3. The van der Waals surface area contributed by atoms with Crippen molar-refractivity contribution < 1.29 is 39.8 Å². The lowest BCUT2D eigenvalue weighted by atomic mass is 9.99. The van der Waals surface area contributed by atoms with Gasteiger partial charge in [0.1, 0.15) is 24.4 Å². The number of allylic oxidation sites excluding steroid dienone is 4. The first-order valence-corrected chi connectivity index (χ1v) is 30.5. The minimum Gasteiger partial charge on any atom is -0.394 e. The number of hydrogen-bond acceptors (Lipinski definition) is 8. The third kappa shape index (κ3) is 40.1. The molecule has 1 amide bonds. The summed E-state index contributed by atoms with van der Waals surface area (Å²) in [6.07, 6.45) is 58.1. The summed E-state index contributed by atoms with van der Waals surface area (Å²) >= 11 is 0. The smallest absolute Gasteiger partial charge is 0.220 e. The number of amides is 1. The molecule has 0 aromatic heterocycles. The van der Waals surface area contributed by atoms with Crippen LogP contribution >= 0.6 is 0 Å². The first-order valence-electron chi connectivity index (χ1n) is 30.5. The maximum absolute atomic E-state index is 13.1. The molecule has 7 unspecified atom stereocenters. The number of carbonyl (C=O) groups excluding carboxylic acids is 1. The van der Waals surface area contributed by atoms with Crippen molar-refractivity contribution in [2.75, 3.05) is 13.2 Å². The Morgan fingerprint density at radius 3 is 1.23 bits per heavy atom. The second-order valence-corrected chi connectivity index (χ2v) is 21.5. The van der Waals surface area contributed by atoms with Crippen LogP contribution in [0.5, 0.6) is 0 Å². The van der Waals surface area contributed by atoms with Crippen LogP contribution < -0.4 is 5.32 Å². The summed E-state index contributed by atoms with van der Waals surface area (Å²) in [5.74, 6) is -0.141. The molecule has 0 spiro atoms. The van der Waals surface area contributed by atoms with Crippen LogP contribution in [0, 0.1) is 0 Å². The van der Waals surface area contributed by atoms with E-state index in [0.717, 1.165) is 44.9 Å². The van der Waals surface area contributed by atoms with E-state index in [4.69, 9.17) is 9.47 Å². The number of ether oxygens (including phenoxy) is 2. The molecule has 1 rings (SSSR count). The molecule has 1 aliphatic heterocycles. The van der Waals surface area contributed by atoms with Crippen molar-refractivity contribution in [3.63, 3.8) is 0 Å². The standard InChI is InChI=1S/C61H117NO8/c1-3-5-7-9-11-13-15-17-18-19-20-21-22-23-24-25-26-27-28-29-30-31-32-33-34-35-36-37-38-39-41-43-45-47-49-51-57(65)62-54(53-69-61-60(68)59(67)58(66)56(52-63)70-61)55(64)50-48-46-44-42-40-16-14-12-10-8-6-4-2/h22-23,25-26,54-56,58-61,63-64,66-68H,3-21,24,27-53H2,1-2H3,(H,62,65)/b23-22-,26-25-. The van der Waals surface area contributed by atoms with Crippen LogP contribution in [-0.4, -0.2) is 87.5 Å². The number of hydrogen-bond donors (Lipinski definition) is 6. The van der Waals surface area contributed by atoms with Crippen LogP contribution in [0.4, 0.5) is 0 Å². The average molecular weight is 993 g/mol. The van der Waals surface area contributed by atoms with E-state index in [-0.39, 0.29) is 12.5 Å². The van der Waals surface area contributed by atoms with Gasteiger partial charge < -0.3 is 40.3 Å². The van der Waals surface area contributed by atoms with Gasteiger partial charge in [-0.2, -0.15) is 0 Å². The van der Waals surface area contributed by atoms with Crippen molar-refractivity contribution in [1.82, 2.24) is 5.32 Å². The van der Waals surface area contributed by atoms with E-state index < -0.39 is 49.5 Å². The summed E-state index contributed by atoms with van der Waals surface area (Å²) in [6.45, 7) is 3.86. The highest BCUT2D eigenvalue weighted by molar-refractivity contribution is 5.76. The molecule has 0 saturated carbocycles. The van der Waals surface area contributed by atoms with E-state index in [1.165, 1.54) is 231 Å². The summed E-state index contributed by atoms with van der Waals surface area (Å²) in [5.41, 5.74) is 0. The zero-order chi connectivity index (χ0) is 50.8. The Morgan fingerprint density at radius 2 is 0.843 bits per heavy atom. The van der Waals surface area contributed by atoms with Crippen LogP contribution in [0.2, 0.25) is 0 Å². The molecular weight excluding hydrogens is 875 g/mol. The molecule has 1 fully saturated rings. The number of carbonyl (C=O) groups is 1. The van der Waals surface area contributed by atoms with Crippen LogP contribution in [-0.2, 0) is 14.3 Å². The molecule has 0 aliphatic carbocycles. The fourth-order valence-corrected chi connectivity index (χ4v) is 9.96. The molecule has 70 heavy (non-hydrogen) atoms. The van der Waals surface area contributed by atoms with Gasteiger partial charge in [-0.15, -0.1) is 0 Å². The van der Waals surface area contributed by atoms with Gasteiger partial charge in [-0.1, -0.05) is 276 Å². The van der Waals surface area contributed by atoms with Crippen molar-refractivity contribution in [2.24, 2.45) is 0 Å². The van der Waals surface area contributed by atoms with E-state index in [1.807, 2.05) is 0 Å². The molecule has 0 radical (unpaired) electrons. The Morgan fingerprint density at radius 1 is 0.486 bits per heavy atom. The van der Waals surface area contributed by atoms with Gasteiger partial charge in [0.25, 0.3) is 0 Å². The fourth-order valence-electron chi connectivity index (χ4n) is 9.96. The lowest BCUT2D eigenvalue weighted by Crippen LogP contribution is -2.60. The van der Waals surface area contributed by atoms with Gasteiger partial charge in [0.05, 0.1) is 25.4 Å². The van der Waals surface area contributed by atoms with Gasteiger partial charge in [-0.05, 0) is 44.9 Å². The Labute approximate surface area is 432 Å². The molecule has 7 atom stereocenters. The number of nitrogens with one attached hydrogen (secondary N) is 1. The molecule has 0 bridgehead atoms. The third-order valence-corrected chi connectivity index (χ3v) is 14.8. The Hall–Kier alpha value is -1.33. The molecule has 1 heterocycles. The summed E-state index contributed by atoms with van der Waals surface area (Å²) in [7, 11) is 0. The highest BCUT2D eigenvalue weighted by Gasteiger charge is 2.44. The predicted molar refractivity (Wildman–Crippen MR) is 295 cm³/mol. The van der Waals surface area contributed by atoms with Crippen molar-refractivity contribution in [2.45, 2.75) is 346 Å². The van der Waals surface area contributed by atoms with Crippen LogP contribution in [0.1, 0.15) is 303 Å². The molecule has 414 valence electrons. The van der Waals surface area contributed by atoms with Gasteiger partial charge in [0.15, 0.2) is 6.29 Å². The highest BCUT2D eigenvalue weighted by Crippen LogP contribution is 2.23. The van der Waals surface area contributed by atoms with Gasteiger partial charge in [0, 0.05) is 6.42 Å². The van der Waals surface area contributed by atoms with Crippen molar-refractivity contribution in [1.29, 1.82) is 0 Å². The molecule has 0 aromatic carbocycles. The fraction of sp³-hybridized carbons (Fsp3) is 0.918. The summed E-state index contributed by atoms with van der Waals surface area (Å²) in [4.78, 5) is 13.1. The van der Waals surface area contributed by atoms with Gasteiger partial charge >= 0.3 is 0 Å². The zero-order valence-corrected chi connectivity index (χ0v) is 46.0. The average Bonchev–Trinajstić information content (AvgIpc) is 3.36. The minimum atomic E-state index is -1.55. The van der Waals surface area contributed by atoms with Gasteiger partial charge in [-0.3, -0.25) is 4.79 Å². The summed E-state index contributed by atoms with van der Waals surface area (Å²) in [5, 5.41) is 54.6. The van der Waals surface area contributed by atoms with Crippen LogP contribution in [0.15, 0.2) is 24.3 Å². The van der Waals surface area contributed by atoms with Crippen LogP contribution in [0.25, 0.3) is 0 Å². The largest absolute Gasteiger partial charge is 0.394 e. The molecule has 9 nitrogen and oxygen atoms in total. The first kappa shape index (κ1) is 66.7. The van der Waals surface area contributed by atoms with Gasteiger partial charge in [-0.25, -0.2) is 0 Å². The lowest BCUT2D eigenvalue weighted by Gasteiger charge is -2.40. The first-order chi connectivity index (χ1) is 34.3. The Bertz CT molecular complexity index is 1150. The molecule has 1 saturated heterocycles. The van der Waals surface area contributed by atoms with E-state index in [1.54, 1.807) is 0 Å². The second-order valence-electron chi connectivity index (χ2n) is 21.5. The number of unbranched alkanes of at least 4 members (excludes halogenated alkanes) is 39. The normalized spacial score (nSPS) is 19.4. The van der Waals surface area contributed by atoms with E-state index in [2.05, 4.69) is 43.5 Å². The Balaban J connectivity index is 2.06. The monoisotopic (exact) mass is 992 g/mol. The Kier molecular flexibility index (Phi) is 48.7. The molecule has 0 aromatic rings. The van der Waals surface area contributed by atoms with E-state index in [0.29, 0.717) is 12.8 Å². The zero-order valence-electron chi connectivity index (χ0n) is 46.0. The van der Waals surface area contributed by atoms with E-state index in [9.17, 15) is 30.3 Å². The third-order valence-electron chi connectivity index (χ3n) is 14.8.